The summed E-state index contributed by atoms with van der Waals surface area (Å²) >= 11 is 4.24. The van der Waals surface area contributed by atoms with Crippen molar-refractivity contribution in [1.82, 2.24) is 4.90 Å². The fraction of sp³-hybridized carbons (Fsp3) is 0.347. The topological polar surface area (TPSA) is 3.24 Å². The lowest BCUT2D eigenvalue weighted by molar-refractivity contribution is 0.109. The summed E-state index contributed by atoms with van der Waals surface area (Å²) in [6.07, 6.45) is 38.4. The number of thioether (sulfide) groups is 2. The van der Waals surface area contributed by atoms with Gasteiger partial charge in [0, 0.05) is 50.4 Å². The molecule has 10 unspecified atom stereocenters. The molecule has 10 atom stereocenters. The first kappa shape index (κ1) is 32.0. The van der Waals surface area contributed by atoms with Crippen LogP contribution in [0.3, 0.4) is 0 Å². The maximum Gasteiger partial charge on any atom is 0.0378 e. The molecule has 260 valence electrons. The van der Waals surface area contributed by atoms with Gasteiger partial charge in [0.2, 0.25) is 0 Å². The van der Waals surface area contributed by atoms with E-state index in [0.29, 0.717) is 53.0 Å². The number of fused-ring (bicyclic) bond motifs is 11. The van der Waals surface area contributed by atoms with E-state index in [9.17, 15) is 0 Å². The average molecular weight is 714 g/mol. The number of benzene rings is 3. The molecule has 3 aliphatic heterocycles. The summed E-state index contributed by atoms with van der Waals surface area (Å²) in [5.74, 6) is 2.67. The van der Waals surface area contributed by atoms with Gasteiger partial charge in [-0.25, -0.2) is 0 Å². The molecule has 8 aliphatic rings. The predicted molar refractivity (Wildman–Crippen MR) is 220 cm³/mol. The van der Waals surface area contributed by atoms with E-state index in [1.54, 1.807) is 26.5 Å². The second kappa shape index (κ2) is 12.8. The van der Waals surface area contributed by atoms with Gasteiger partial charge in [0.15, 0.2) is 0 Å². The Kier molecular flexibility index (Phi) is 7.88. The molecule has 11 rings (SSSR count). The van der Waals surface area contributed by atoms with Gasteiger partial charge < -0.3 is 0 Å². The van der Waals surface area contributed by atoms with E-state index in [1.807, 2.05) is 11.8 Å². The van der Waals surface area contributed by atoms with E-state index >= 15 is 0 Å². The van der Waals surface area contributed by atoms with E-state index in [0.717, 1.165) is 12.8 Å². The van der Waals surface area contributed by atoms with Gasteiger partial charge in [-0.15, -0.1) is 11.8 Å². The summed E-state index contributed by atoms with van der Waals surface area (Å²) in [7, 11) is 0. The van der Waals surface area contributed by atoms with E-state index in [4.69, 9.17) is 0 Å². The standard InChI is InChI=1S/C49H47NS2/c1-3-15-32(16-4-1)33-29-30-40-46(31-33)52-48-36(21-13-24-41(48)49(40)38-22-8-11-27-44(38)51-45-28-12-9-23-39(45)49)35-20-14-26-43-47(35)37-19-7-10-25-42(37)50(43)34-17-5-2-6-18-34/h1-9,11-13,15-17,19,21-22,24,27-31,34-35,37,39-40,42-43,46-47H,10,14,18,20,23,25-26H2. The van der Waals surface area contributed by atoms with Crippen LogP contribution < -0.4 is 0 Å². The summed E-state index contributed by atoms with van der Waals surface area (Å²) in [6.45, 7) is 0. The first-order chi connectivity index (χ1) is 25.8. The molecule has 0 bridgehead atoms. The predicted octanol–water partition coefficient (Wildman–Crippen LogP) is 12.1. The Balaban J connectivity index is 1.11. The fourth-order valence-electron chi connectivity index (χ4n) is 12.2. The number of hydrogen-bond donors (Lipinski definition) is 0. The van der Waals surface area contributed by atoms with Gasteiger partial charge in [-0.3, -0.25) is 4.90 Å². The average Bonchev–Trinajstić information content (AvgIpc) is 3.56. The zero-order valence-electron chi connectivity index (χ0n) is 29.8. The van der Waals surface area contributed by atoms with Crippen LogP contribution in [0.15, 0.2) is 160 Å². The molecule has 3 aromatic carbocycles. The Morgan fingerprint density at radius 1 is 0.731 bits per heavy atom. The SMILES string of the molecule is C1=CCC(N2C3CCC=CC3C3C(c4cccc5c4SC4C=C(c6ccccc6)C=CC4C54c5ccccc5SC5=CC=CCC54)CCCC32)C=C1. The van der Waals surface area contributed by atoms with Crippen molar-refractivity contribution in [3.05, 3.63) is 173 Å². The highest BCUT2D eigenvalue weighted by molar-refractivity contribution is 8.03. The van der Waals surface area contributed by atoms with E-state index < -0.39 is 0 Å². The van der Waals surface area contributed by atoms with Crippen molar-refractivity contribution in [3.63, 3.8) is 0 Å². The Labute approximate surface area is 318 Å². The molecule has 0 aromatic heterocycles. The first-order valence-corrected chi connectivity index (χ1v) is 21.7. The van der Waals surface area contributed by atoms with Gasteiger partial charge in [-0.2, -0.15) is 0 Å². The highest BCUT2D eigenvalue weighted by Crippen LogP contribution is 2.67. The Hall–Kier alpha value is -3.50. The molecule has 1 spiro atoms. The molecule has 1 saturated heterocycles. The van der Waals surface area contributed by atoms with Crippen LogP contribution in [-0.4, -0.2) is 28.3 Å². The van der Waals surface area contributed by atoms with Crippen LogP contribution >= 0.6 is 23.5 Å². The minimum absolute atomic E-state index is 0.128. The quantitative estimate of drug-likeness (QED) is 0.249. The van der Waals surface area contributed by atoms with Crippen molar-refractivity contribution in [3.8, 4) is 0 Å². The number of rotatable bonds is 3. The molecule has 2 fully saturated rings. The van der Waals surface area contributed by atoms with E-state index in [2.05, 4.69) is 162 Å². The summed E-state index contributed by atoms with van der Waals surface area (Å²) in [5.41, 5.74) is 7.38. The van der Waals surface area contributed by atoms with Crippen LogP contribution in [0.5, 0.6) is 0 Å². The normalized spacial score (nSPS) is 36.6. The third kappa shape index (κ3) is 4.74. The molecule has 0 N–H and O–H groups in total. The summed E-state index contributed by atoms with van der Waals surface area (Å²) < 4.78 is 0. The molecule has 0 radical (unpaired) electrons. The molecule has 0 amide bonds. The summed E-state index contributed by atoms with van der Waals surface area (Å²) in [5, 5.41) is 0.359. The van der Waals surface area contributed by atoms with Crippen LogP contribution in [0.4, 0.5) is 0 Å². The van der Waals surface area contributed by atoms with Gasteiger partial charge in [0.25, 0.3) is 0 Å². The van der Waals surface area contributed by atoms with Crippen molar-refractivity contribution < 1.29 is 0 Å². The van der Waals surface area contributed by atoms with Gasteiger partial charge >= 0.3 is 0 Å². The Bertz CT molecular complexity index is 2120. The van der Waals surface area contributed by atoms with Crippen molar-refractivity contribution in [2.45, 2.75) is 89.4 Å². The Morgan fingerprint density at radius 3 is 2.54 bits per heavy atom. The van der Waals surface area contributed by atoms with Crippen LogP contribution in [0.2, 0.25) is 0 Å². The van der Waals surface area contributed by atoms with Crippen molar-refractivity contribution in [2.75, 3.05) is 0 Å². The van der Waals surface area contributed by atoms with Crippen LogP contribution in [0, 0.1) is 23.7 Å². The van der Waals surface area contributed by atoms with Crippen LogP contribution in [0.25, 0.3) is 5.57 Å². The first-order valence-electron chi connectivity index (χ1n) is 20.0. The molecule has 3 heterocycles. The molecule has 5 aliphatic carbocycles. The lowest BCUT2D eigenvalue weighted by Crippen LogP contribution is -2.52. The molecule has 1 saturated carbocycles. The molecule has 3 heteroatoms. The lowest BCUT2D eigenvalue weighted by atomic mass is 9.54. The molecule has 3 aromatic rings. The molecule has 1 nitrogen and oxygen atoms in total. The van der Waals surface area contributed by atoms with Crippen molar-refractivity contribution >= 4 is 29.1 Å². The molecular formula is C49H47NS2. The van der Waals surface area contributed by atoms with Gasteiger partial charge in [-0.1, -0.05) is 158 Å². The third-order valence-electron chi connectivity index (χ3n) is 14.1. The maximum atomic E-state index is 3.03. The van der Waals surface area contributed by atoms with Crippen molar-refractivity contribution in [2.24, 2.45) is 23.7 Å². The molecular weight excluding hydrogens is 667 g/mol. The van der Waals surface area contributed by atoms with E-state index in [-0.39, 0.29) is 5.41 Å². The number of likely N-dealkylation sites (tertiary alicyclic amines) is 1. The number of nitrogens with zero attached hydrogens (tertiary/aromatic N) is 1. The third-order valence-corrected chi connectivity index (χ3v) is 16.7. The summed E-state index contributed by atoms with van der Waals surface area (Å²) in [6, 6.07) is 30.1. The zero-order chi connectivity index (χ0) is 34.2. The number of allylic oxidation sites excluding steroid dienone is 10. The second-order valence-electron chi connectivity index (χ2n) is 16.3. The molecule has 52 heavy (non-hydrogen) atoms. The number of hydrogen-bond acceptors (Lipinski definition) is 3. The van der Waals surface area contributed by atoms with Crippen LogP contribution in [-0.2, 0) is 5.41 Å². The minimum atomic E-state index is -0.128. The lowest BCUT2D eigenvalue weighted by Gasteiger charge is -2.56. The zero-order valence-corrected chi connectivity index (χ0v) is 31.4. The monoisotopic (exact) mass is 713 g/mol. The highest BCUT2D eigenvalue weighted by Gasteiger charge is 2.59. The van der Waals surface area contributed by atoms with E-state index in [1.165, 1.54) is 48.1 Å². The van der Waals surface area contributed by atoms with Crippen LogP contribution in [0.1, 0.15) is 73.1 Å². The van der Waals surface area contributed by atoms with Gasteiger partial charge in [-0.05, 0) is 95.1 Å². The Morgan fingerprint density at radius 2 is 1.62 bits per heavy atom. The fourth-order valence-corrected chi connectivity index (χ4v) is 15.2. The highest BCUT2D eigenvalue weighted by atomic mass is 32.2. The maximum absolute atomic E-state index is 3.03. The largest absolute Gasteiger partial charge is 0.290 e. The second-order valence-corrected chi connectivity index (χ2v) is 18.6. The smallest absolute Gasteiger partial charge is 0.0378 e. The van der Waals surface area contributed by atoms with Gasteiger partial charge in [0.1, 0.15) is 0 Å². The minimum Gasteiger partial charge on any atom is -0.290 e. The van der Waals surface area contributed by atoms with Gasteiger partial charge in [0.05, 0.1) is 0 Å². The summed E-state index contributed by atoms with van der Waals surface area (Å²) in [4.78, 5) is 7.64. The van der Waals surface area contributed by atoms with Crippen molar-refractivity contribution in [1.29, 1.82) is 0 Å².